The Kier molecular flexibility index (Phi) is 4.21. The van der Waals surface area contributed by atoms with E-state index in [0.717, 1.165) is 16.2 Å². The Balaban J connectivity index is 1.65. The normalized spacial score (nSPS) is 10.4. The van der Waals surface area contributed by atoms with Crippen LogP contribution in [0.15, 0.2) is 66.7 Å². The second-order valence-corrected chi connectivity index (χ2v) is 5.92. The molecule has 0 saturated carbocycles. The van der Waals surface area contributed by atoms with E-state index in [4.69, 9.17) is 9.84 Å². The highest BCUT2D eigenvalue weighted by molar-refractivity contribution is 7.13. The smallest absolute Gasteiger partial charge is 0.345 e. The van der Waals surface area contributed by atoms with Gasteiger partial charge in [0.2, 0.25) is 0 Å². The second kappa shape index (κ2) is 6.45. The van der Waals surface area contributed by atoms with Crippen molar-refractivity contribution >= 4 is 17.3 Å². The summed E-state index contributed by atoms with van der Waals surface area (Å²) >= 11 is 1.24. The van der Waals surface area contributed by atoms with Crippen molar-refractivity contribution in [1.29, 1.82) is 0 Å². The Morgan fingerprint density at radius 1 is 0.909 bits per heavy atom. The molecular weight excluding hydrogens is 296 g/mol. The van der Waals surface area contributed by atoms with Gasteiger partial charge in [-0.2, -0.15) is 0 Å². The standard InChI is InChI=1S/C18H14O3S/c19-18(20)17-11-10-16(22-17)12-21-15-8-6-14(7-9-15)13-4-2-1-3-5-13/h1-11H,12H2,(H,19,20). The number of carbonyl (C=O) groups is 1. The average Bonchev–Trinajstić information content (AvgIpc) is 3.04. The maximum Gasteiger partial charge on any atom is 0.345 e. The van der Waals surface area contributed by atoms with E-state index in [1.807, 2.05) is 42.5 Å². The summed E-state index contributed by atoms with van der Waals surface area (Å²) in [5.74, 6) is -0.131. The number of hydrogen-bond donors (Lipinski definition) is 1. The van der Waals surface area contributed by atoms with E-state index in [-0.39, 0.29) is 0 Å². The lowest BCUT2D eigenvalue weighted by atomic mass is 10.1. The van der Waals surface area contributed by atoms with Crippen molar-refractivity contribution in [3.05, 3.63) is 76.5 Å². The average molecular weight is 310 g/mol. The zero-order valence-electron chi connectivity index (χ0n) is 11.7. The molecule has 0 aliphatic heterocycles. The molecule has 0 fully saturated rings. The Hall–Kier alpha value is -2.59. The van der Waals surface area contributed by atoms with Crippen LogP contribution in [0.3, 0.4) is 0 Å². The molecule has 110 valence electrons. The lowest BCUT2D eigenvalue weighted by Crippen LogP contribution is -1.93. The van der Waals surface area contributed by atoms with Gasteiger partial charge in [-0.05, 0) is 35.4 Å². The molecule has 0 aliphatic carbocycles. The van der Waals surface area contributed by atoms with Crippen LogP contribution in [0.25, 0.3) is 11.1 Å². The zero-order chi connectivity index (χ0) is 15.4. The molecule has 0 radical (unpaired) electrons. The predicted molar refractivity (Wildman–Crippen MR) is 87.5 cm³/mol. The van der Waals surface area contributed by atoms with Crippen LogP contribution in [0, 0.1) is 0 Å². The molecule has 0 unspecified atom stereocenters. The summed E-state index contributed by atoms with van der Waals surface area (Å²) in [4.78, 5) is 12.1. The molecular formula is C18H14O3S. The molecule has 1 N–H and O–H groups in total. The molecule has 4 heteroatoms. The van der Waals surface area contributed by atoms with Crippen LogP contribution < -0.4 is 4.74 Å². The monoisotopic (exact) mass is 310 g/mol. The number of carboxylic acids is 1. The number of ether oxygens (including phenoxy) is 1. The molecule has 2 aromatic carbocycles. The van der Waals surface area contributed by atoms with Crippen molar-refractivity contribution in [2.45, 2.75) is 6.61 Å². The molecule has 0 bridgehead atoms. The first-order chi connectivity index (χ1) is 10.7. The summed E-state index contributed by atoms with van der Waals surface area (Å²) in [6, 6.07) is 21.4. The zero-order valence-corrected chi connectivity index (χ0v) is 12.5. The lowest BCUT2D eigenvalue weighted by molar-refractivity contribution is 0.0702. The van der Waals surface area contributed by atoms with E-state index < -0.39 is 5.97 Å². The van der Waals surface area contributed by atoms with Crippen LogP contribution in [0.2, 0.25) is 0 Å². The Morgan fingerprint density at radius 3 is 2.23 bits per heavy atom. The van der Waals surface area contributed by atoms with Crippen molar-refractivity contribution in [3.8, 4) is 16.9 Å². The minimum absolute atomic E-state index is 0.332. The fourth-order valence-electron chi connectivity index (χ4n) is 2.10. The fraction of sp³-hybridized carbons (Fsp3) is 0.0556. The van der Waals surface area contributed by atoms with Crippen molar-refractivity contribution < 1.29 is 14.6 Å². The minimum atomic E-state index is -0.900. The van der Waals surface area contributed by atoms with Gasteiger partial charge in [0.25, 0.3) is 0 Å². The highest BCUT2D eigenvalue weighted by atomic mass is 32.1. The maximum absolute atomic E-state index is 10.8. The van der Waals surface area contributed by atoms with E-state index in [0.29, 0.717) is 11.5 Å². The molecule has 3 rings (SSSR count). The first-order valence-corrected chi connectivity index (χ1v) is 7.64. The maximum atomic E-state index is 10.8. The van der Waals surface area contributed by atoms with E-state index in [1.165, 1.54) is 16.9 Å². The SMILES string of the molecule is O=C(O)c1ccc(COc2ccc(-c3ccccc3)cc2)s1. The van der Waals surface area contributed by atoms with Crippen LogP contribution in [0.1, 0.15) is 14.5 Å². The summed E-state index contributed by atoms with van der Waals surface area (Å²) < 4.78 is 5.69. The van der Waals surface area contributed by atoms with Gasteiger partial charge in [-0.15, -0.1) is 11.3 Å². The van der Waals surface area contributed by atoms with Crippen LogP contribution >= 0.6 is 11.3 Å². The van der Waals surface area contributed by atoms with Gasteiger partial charge in [0.1, 0.15) is 17.2 Å². The van der Waals surface area contributed by atoms with E-state index in [9.17, 15) is 4.79 Å². The van der Waals surface area contributed by atoms with Crippen molar-refractivity contribution in [2.24, 2.45) is 0 Å². The van der Waals surface area contributed by atoms with Gasteiger partial charge in [-0.1, -0.05) is 42.5 Å². The number of aromatic carboxylic acids is 1. The van der Waals surface area contributed by atoms with Crippen molar-refractivity contribution in [3.63, 3.8) is 0 Å². The first kappa shape index (κ1) is 14.4. The Morgan fingerprint density at radius 2 is 1.59 bits per heavy atom. The van der Waals surface area contributed by atoms with Gasteiger partial charge < -0.3 is 9.84 Å². The molecule has 1 heterocycles. The van der Waals surface area contributed by atoms with Crippen LogP contribution in [-0.4, -0.2) is 11.1 Å². The molecule has 0 atom stereocenters. The molecule has 1 aromatic heterocycles. The topological polar surface area (TPSA) is 46.5 Å². The van der Waals surface area contributed by atoms with Gasteiger partial charge in [-0.25, -0.2) is 4.79 Å². The minimum Gasteiger partial charge on any atom is -0.488 e. The Bertz CT molecular complexity index is 761. The third-order valence-electron chi connectivity index (χ3n) is 3.21. The summed E-state index contributed by atoms with van der Waals surface area (Å²) in [6.07, 6.45) is 0. The highest BCUT2D eigenvalue weighted by Crippen LogP contribution is 2.23. The van der Waals surface area contributed by atoms with Crippen LogP contribution in [0.5, 0.6) is 5.75 Å². The largest absolute Gasteiger partial charge is 0.488 e. The number of hydrogen-bond acceptors (Lipinski definition) is 3. The number of rotatable bonds is 5. The fourth-order valence-corrected chi connectivity index (χ4v) is 2.86. The first-order valence-electron chi connectivity index (χ1n) is 6.83. The van der Waals surface area contributed by atoms with Gasteiger partial charge in [0.05, 0.1) is 0 Å². The van der Waals surface area contributed by atoms with Gasteiger partial charge in [0.15, 0.2) is 0 Å². The number of carboxylic acid groups (broad SMARTS) is 1. The highest BCUT2D eigenvalue weighted by Gasteiger charge is 2.07. The van der Waals surface area contributed by atoms with Gasteiger partial charge in [-0.3, -0.25) is 0 Å². The molecule has 0 amide bonds. The molecule has 3 nitrogen and oxygen atoms in total. The molecule has 0 saturated heterocycles. The predicted octanol–water partition coefficient (Wildman–Crippen LogP) is 4.69. The number of thiophene rings is 1. The van der Waals surface area contributed by atoms with Crippen molar-refractivity contribution in [2.75, 3.05) is 0 Å². The van der Waals surface area contributed by atoms with Crippen molar-refractivity contribution in [1.82, 2.24) is 0 Å². The quantitative estimate of drug-likeness (QED) is 0.743. The lowest BCUT2D eigenvalue weighted by Gasteiger charge is -2.06. The summed E-state index contributed by atoms with van der Waals surface area (Å²) in [7, 11) is 0. The molecule has 0 spiro atoms. The Labute approximate surface area is 132 Å². The third-order valence-corrected chi connectivity index (χ3v) is 4.26. The third kappa shape index (κ3) is 3.35. The van der Waals surface area contributed by atoms with E-state index >= 15 is 0 Å². The molecule has 22 heavy (non-hydrogen) atoms. The van der Waals surface area contributed by atoms with Crippen LogP contribution in [0.4, 0.5) is 0 Å². The summed E-state index contributed by atoms with van der Waals surface area (Å²) in [5, 5.41) is 8.89. The van der Waals surface area contributed by atoms with E-state index in [2.05, 4.69) is 12.1 Å². The molecule has 0 aliphatic rings. The van der Waals surface area contributed by atoms with Crippen LogP contribution in [-0.2, 0) is 6.61 Å². The molecule has 3 aromatic rings. The van der Waals surface area contributed by atoms with Gasteiger partial charge in [0, 0.05) is 4.88 Å². The second-order valence-electron chi connectivity index (χ2n) is 4.75. The van der Waals surface area contributed by atoms with Gasteiger partial charge >= 0.3 is 5.97 Å². The number of benzene rings is 2. The summed E-state index contributed by atoms with van der Waals surface area (Å²) in [6.45, 7) is 0.378. The summed E-state index contributed by atoms with van der Waals surface area (Å²) in [5.41, 5.74) is 2.30. The van der Waals surface area contributed by atoms with E-state index in [1.54, 1.807) is 12.1 Å².